The Morgan fingerprint density at radius 3 is 2.36 bits per heavy atom. The van der Waals surface area contributed by atoms with Crippen LogP contribution in [0.25, 0.3) is 0 Å². The van der Waals surface area contributed by atoms with E-state index in [1.807, 2.05) is 13.0 Å². The fraction of sp³-hybridized carbons (Fsp3) is 0.714. The number of benzene rings is 1. The minimum atomic E-state index is 0.0152. The quantitative estimate of drug-likeness (QED) is 0.758. The van der Waals surface area contributed by atoms with Crippen molar-refractivity contribution in [1.29, 1.82) is 0 Å². The highest BCUT2D eigenvalue weighted by atomic mass is 16.5. The number of nitrogens with one attached hydrogen (secondary N) is 1. The van der Waals surface area contributed by atoms with E-state index in [0.717, 1.165) is 36.0 Å². The van der Waals surface area contributed by atoms with Gasteiger partial charge in [-0.15, -0.1) is 0 Å². The summed E-state index contributed by atoms with van der Waals surface area (Å²) < 4.78 is 11.3. The van der Waals surface area contributed by atoms with Crippen molar-refractivity contribution in [2.24, 2.45) is 23.7 Å². The van der Waals surface area contributed by atoms with Gasteiger partial charge in [0.2, 0.25) is 0 Å². The lowest BCUT2D eigenvalue weighted by atomic mass is 9.54. The first kappa shape index (κ1) is 17.2. The number of hydrogen-bond acceptors (Lipinski definition) is 4. The van der Waals surface area contributed by atoms with Crippen molar-refractivity contribution in [3.05, 3.63) is 23.8 Å². The van der Waals surface area contributed by atoms with Crippen LogP contribution in [-0.2, 0) is 6.54 Å². The van der Waals surface area contributed by atoms with Gasteiger partial charge >= 0.3 is 0 Å². The maximum atomic E-state index is 8.96. The van der Waals surface area contributed by atoms with Gasteiger partial charge in [0.1, 0.15) is 6.61 Å². The Balaban J connectivity index is 1.40. The Labute approximate surface area is 150 Å². The largest absolute Gasteiger partial charge is 0.490 e. The molecule has 0 aliphatic heterocycles. The summed E-state index contributed by atoms with van der Waals surface area (Å²) in [6.45, 7) is 3.80. The molecule has 2 N–H and O–H groups in total. The second-order valence-corrected chi connectivity index (χ2v) is 8.12. The molecule has 1 aromatic carbocycles. The molecule has 0 aromatic heterocycles. The molecule has 25 heavy (non-hydrogen) atoms. The predicted octanol–water partition coefficient (Wildman–Crippen LogP) is 3.37. The lowest BCUT2D eigenvalue weighted by Gasteiger charge is -2.54. The van der Waals surface area contributed by atoms with Crippen LogP contribution in [0.3, 0.4) is 0 Å². The van der Waals surface area contributed by atoms with Crippen LogP contribution in [0.4, 0.5) is 0 Å². The number of aliphatic hydroxyl groups is 1. The van der Waals surface area contributed by atoms with Gasteiger partial charge in [0.25, 0.3) is 0 Å². The average Bonchev–Trinajstić information content (AvgIpc) is 2.60. The maximum absolute atomic E-state index is 8.96. The predicted molar refractivity (Wildman–Crippen MR) is 97.9 cm³/mol. The molecule has 138 valence electrons. The summed E-state index contributed by atoms with van der Waals surface area (Å²) in [5.41, 5.74) is 1.24. The summed E-state index contributed by atoms with van der Waals surface area (Å²) >= 11 is 0. The molecule has 0 saturated heterocycles. The first-order chi connectivity index (χ1) is 12.3. The first-order valence-corrected chi connectivity index (χ1v) is 9.99. The van der Waals surface area contributed by atoms with E-state index in [1.54, 1.807) is 0 Å². The molecule has 4 bridgehead atoms. The van der Waals surface area contributed by atoms with Gasteiger partial charge in [0.05, 0.1) is 13.2 Å². The van der Waals surface area contributed by atoms with Crippen molar-refractivity contribution < 1.29 is 14.6 Å². The summed E-state index contributed by atoms with van der Waals surface area (Å²) in [7, 11) is 0. The Morgan fingerprint density at radius 2 is 1.72 bits per heavy atom. The summed E-state index contributed by atoms with van der Waals surface area (Å²) in [5.74, 6) is 5.33. The van der Waals surface area contributed by atoms with Crippen molar-refractivity contribution in [2.75, 3.05) is 19.8 Å². The fourth-order valence-electron chi connectivity index (χ4n) is 5.70. The standard InChI is InChI=1S/C21H31NO3/c1-2-24-20-12-14(3-4-19(20)25-6-5-23)13-22-21-17-8-15-7-16(10-17)11-18(21)9-15/h3-4,12,15-18,21-23H,2,5-11,13H2,1H3. The van der Waals surface area contributed by atoms with E-state index >= 15 is 0 Å². The second-order valence-electron chi connectivity index (χ2n) is 8.12. The lowest BCUT2D eigenvalue weighted by molar-refractivity contribution is -0.0142. The zero-order valence-electron chi connectivity index (χ0n) is 15.2. The van der Waals surface area contributed by atoms with Gasteiger partial charge in [0.15, 0.2) is 11.5 Å². The Hall–Kier alpha value is -1.26. The van der Waals surface area contributed by atoms with E-state index in [0.29, 0.717) is 25.0 Å². The summed E-state index contributed by atoms with van der Waals surface area (Å²) in [6, 6.07) is 6.86. The molecule has 4 heteroatoms. The van der Waals surface area contributed by atoms with Crippen LogP contribution in [0.15, 0.2) is 18.2 Å². The van der Waals surface area contributed by atoms with Crippen LogP contribution in [0.1, 0.15) is 44.6 Å². The van der Waals surface area contributed by atoms with E-state index in [2.05, 4.69) is 17.4 Å². The Kier molecular flexibility index (Phi) is 5.18. The molecule has 0 atom stereocenters. The van der Waals surface area contributed by atoms with Gasteiger partial charge in [0, 0.05) is 12.6 Å². The zero-order valence-corrected chi connectivity index (χ0v) is 15.2. The van der Waals surface area contributed by atoms with E-state index in [-0.39, 0.29) is 6.61 Å². The average molecular weight is 345 g/mol. The van der Waals surface area contributed by atoms with Crippen LogP contribution in [0.5, 0.6) is 11.5 Å². The molecular formula is C21H31NO3. The Bertz CT molecular complexity index is 561. The third-order valence-corrected chi connectivity index (χ3v) is 6.43. The molecule has 0 spiro atoms. The van der Waals surface area contributed by atoms with E-state index in [9.17, 15) is 0 Å². The lowest BCUT2D eigenvalue weighted by Crippen LogP contribution is -2.54. The fourth-order valence-corrected chi connectivity index (χ4v) is 5.70. The SMILES string of the molecule is CCOc1cc(CNC2C3CC4CC(C3)CC2C4)ccc1OCCO. The van der Waals surface area contributed by atoms with Crippen LogP contribution in [0, 0.1) is 23.7 Å². The van der Waals surface area contributed by atoms with Crippen LogP contribution >= 0.6 is 0 Å². The van der Waals surface area contributed by atoms with Gasteiger partial charge in [-0.3, -0.25) is 0 Å². The van der Waals surface area contributed by atoms with Crippen LogP contribution < -0.4 is 14.8 Å². The highest BCUT2D eigenvalue weighted by molar-refractivity contribution is 5.43. The van der Waals surface area contributed by atoms with E-state index < -0.39 is 0 Å². The van der Waals surface area contributed by atoms with E-state index in [1.165, 1.54) is 37.7 Å². The number of hydrogen-bond donors (Lipinski definition) is 2. The van der Waals surface area contributed by atoms with Gasteiger partial charge in [-0.25, -0.2) is 0 Å². The summed E-state index contributed by atoms with van der Waals surface area (Å²) in [6.07, 6.45) is 7.30. The molecule has 1 aromatic rings. The molecular weight excluding hydrogens is 314 g/mol. The first-order valence-electron chi connectivity index (χ1n) is 9.99. The molecule has 0 heterocycles. The van der Waals surface area contributed by atoms with Gasteiger partial charge in [-0.05, 0) is 80.4 Å². The maximum Gasteiger partial charge on any atom is 0.161 e. The smallest absolute Gasteiger partial charge is 0.161 e. The van der Waals surface area contributed by atoms with Crippen LogP contribution in [0.2, 0.25) is 0 Å². The summed E-state index contributed by atoms with van der Waals surface area (Å²) in [5, 5.41) is 12.8. The number of aliphatic hydroxyl groups excluding tert-OH is 1. The summed E-state index contributed by atoms with van der Waals surface area (Å²) in [4.78, 5) is 0. The van der Waals surface area contributed by atoms with Gasteiger partial charge in [-0.1, -0.05) is 6.07 Å². The van der Waals surface area contributed by atoms with Crippen LogP contribution in [-0.4, -0.2) is 31.0 Å². The Morgan fingerprint density at radius 1 is 1.00 bits per heavy atom. The monoisotopic (exact) mass is 345 g/mol. The normalized spacial score (nSPS) is 32.8. The molecule has 4 saturated carbocycles. The molecule has 4 fully saturated rings. The minimum absolute atomic E-state index is 0.0152. The van der Waals surface area contributed by atoms with Gasteiger partial charge in [-0.2, -0.15) is 0 Å². The van der Waals surface area contributed by atoms with Crippen molar-refractivity contribution in [3.63, 3.8) is 0 Å². The third-order valence-electron chi connectivity index (χ3n) is 6.43. The number of rotatable bonds is 8. The van der Waals surface area contributed by atoms with E-state index in [4.69, 9.17) is 14.6 Å². The highest BCUT2D eigenvalue weighted by Crippen LogP contribution is 2.53. The van der Waals surface area contributed by atoms with Crippen molar-refractivity contribution in [1.82, 2.24) is 5.32 Å². The minimum Gasteiger partial charge on any atom is -0.490 e. The number of ether oxygens (including phenoxy) is 2. The molecule has 4 aliphatic carbocycles. The van der Waals surface area contributed by atoms with Crippen molar-refractivity contribution >= 4 is 0 Å². The molecule has 4 nitrogen and oxygen atoms in total. The highest BCUT2D eigenvalue weighted by Gasteiger charge is 2.47. The van der Waals surface area contributed by atoms with Crippen molar-refractivity contribution in [3.8, 4) is 11.5 Å². The molecule has 0 amide bonds. The molecule has 5 rings (SSSR count). The topological polar surface area (TPSA) is 50.7 Å². The van der Waals surface area contributed by atoms with Gasteiger partial charge < -0.3 is 19.9 Å². The third kappa shape index (κ3) is 3.65. The molecule has 0 unspecified atom stereocenters. The zero-order chi connectivity index (χ0) is 17.2. The second kappa shape index (κ2) is 7.55. The van der Waals surface area contributed by atoms with Crippen molar-refractivity contribution in [2.45, 2.75) is 51.6 Å². The molecule has 4 aliphatic rings. The molecule has 0 radical (unpaired) electrons.